The van der Waals surface area contributed by atoms with E-state index in [0.29, 0.717) is 22.8 Å². The molecule has 3 aromatic carbocycles. The Hall–Kier alpha value is -5.61. The lowest BCUT2D eigenvalue weighted by atomic mass is 10.0. The van der Waals surface area contributed by atoms with Crippen LogP contribution in [-0.4, -0.2) is 51.7 Å². The zero-order chi connectivity index (χ0) is 38.9. The number of anilines is 1. The summed E-state index contributed by atoms with van der Waals surface area (Å²) in [7, 11) is 0. The van der Waals surface area contributed by atoms with E-state index in [-0.39, 0.29) is 30.7 Å². The fraction of sp³-hybridized carbons (Fsp3) is 0.250. The topological polar surface area (TPSA) is 165 Å². The van der Waals surface area contributed by atoms with E-state index in [1.165, 1.54) is 12.1 Å². The molecule has 280 valence electrons. The number of carbonyl (C=O) groups excluding carboxylic acids is 4. The summed E-state index contributed by atoms with van der Waals surface area (Å²) in [4.78, 5) is 48.7. The number of thiazole rings is 1. The highest BCUT2D eigenvalue weighted by atomic mass is 35.5. The van der Waals surface area contributed by atoms with Gasteiger partial charge in [0.25, 0.3) is 0 Å². The molecule has 0 aliphatic carbocycles. The Morgan fingerprint density at radius 3 is 2.17 bits per heavy atom. The largest absolute Gasteiger partial charge is 0.542 e. The molecule has 17 heteroatoms. The number of halogens is 4. The van der Waals surface area contributed by atoms with Crippen LogP contribution in [0.5, 0.6) is 5.75 Å². The van der Waals surface area contributed by atoms with Crippen LogP contribution in [-0.2, 0) is 33.8 Å². The molecule has 12 nitrogen and oxygen atoms in total. The minimum Gasteiger partial charge on any atom is -0.542 e. The average Bonchev–Trinajstić information content (AvgIpc) is 3.63. The number of amides is 3. The number of nitrogens with zero attached hydrogens (tertiary/aromatic N) is 2. The molecule has 0 saturated carbocycles. The third kappa shape index (κ3) is 11.7. The van der Waals surface area contributed by atoms with E-state index in [2.05, 4.69) is 30.3 Å². The summed E-state index contributed by atoms with van der Waals surface area (Å²) in [5, 5.41) is 29.8. The van der Waals surface area contributed by atoms with Crippen molar-refractivity contribution in [3.8, 4) is 5.75 Å². The zero-order valence-electron chi connectivity index (χ0n) is 28.6. The maximum Gasteiger partial charge on any atom is 0.430 e. The van der Waals surface area contributed by atoms with Crippen LogP contribution >= 0.6 is 22.9 Å². The first-order chi connectivity index (χ1) is 25.0. The lowest BCUT2D eigenvalue weighted by molar-refractivity contribution is -0.667. The van der Waals surface area contributed by atoms with Crippen LogP contribution in [0.25, 0.3) is 4.96 Å². The van der Waals surface area contributed by atoms with Gasteiger partial charge in [-0.15, -0.1) is 0 Å². The molecular formula is C36H35ClF3N5O7S. The molecule has 53 heavy (non-hydrogen) atoms. The highest BCUT2D eigenvalue weighted by Gasteiger charge is 2.29. The quantitative estimate of drug-likeness (QED) is 0.109. The van der Waals surface area contributed by atoms with E-state index < -0.39 is 30.2 Å². The fourth-order valence-corrected chi connectivity index (χ4v) is 5.99. The van der Waals surface area contributed by atoms with Crippen molar-refractivity contribution in [2.45, 2.75) is 58.6 Å². The summed E-state index contributed by atoms with van der Waals surface area (Å²) in [6.07, 6.45) is -3.25. The van der Waals surface area contributed by atoms with Gasteiger partial charge in [-0.1, -0.05) is 47.2 Å². The Morgan fingerprint density at radius 1 is 0.981 bits per heavy atom. The molecule has 0 aliphatic rings. The van der Waals surface area contributed by atoms with Crippen molar-refractivity contribution in [2.24, 2.45) is 0 Å². The molecule has 5 aromatic rings. The third-order valence-electron chi connectivity index (χ3n) is 7.43. The first kappa shape index (κ1) is 40.2. The highest BCUT2D eigenvalue weighted by Crippen LogP contribution is 2.18. The number of fused-ring (bicyclic) bond motifs is 1. The van der Waals surface area contributed by atoms with Crippen LogP contribution < -0.4 is 25.6 Å². The number of carboxylic acids is 1. The number of esters is 1. The Balaban J connectivity index is 0.000000815. The van der Waals surface area contributed by atoms with Gasteiger partial charge in [0.15, 0.2) is 5.69 Å². The maximum atomic E-state index is 13.6. The standard InChI is InChI=1S/C34H34ClN5O5S.C2HF3O2/c1-21(2)45-32(43)25-8-12-27(13-9-25)37-33(44)38-30(16-23-6-14-29(41)15-7-23)31(42)36-17-28-19-39-22(3)20-46-34(39)40(28)18-24-4-10-26(35)11-5-24;3-2(4,5)1(6)7/h4-15,19-21,30H,16-18H2,1-3H3,(H3-,36,37,38,41,42,43,44);(H,6,7)/t30-;/m0./s1. The second-order valence-corrected chi connectivity index (χ2v) is 13.2. The second kappa shape index (κ2) is 17.7. The number of hydrogen-bond donors (Lipinski definition) is 4. The summed E-state index contributed by atoms with van der Waals surface area (Å²) in [5.41, 5.74) is 4.59. The second-order valence-electron chi connectivity index (χ2n) is 11.9. The number of alkyl halides is 3. The number of benzene rings is 3. The van der Waals surface area contributed by atoms with Gasteiger partial charge in [0.1, 0.15) is 36.2 Å². The van der Waals surface area contributed by atoms with Gasteiger partial charge in [0.05, 0.1) is 18.2 Å². The van der Waals surface area contributed by atoms with Gasteiger partial charge in [-0.3, -0.25) is 4.79 Å². The molecule has 0 unspecified atom stereocenters. The normalized spacial score (nSPS) is 11.7. The number of hydrogen-bond acceptors (Lipinski definition) is 8. The van der Waals surface area contributed by atoms with E-state index in [4.69, 9.17) is 26.2 Å². The average molecular weight is 774 g/mol. The van der Waals surface area contributed by atoms with Gasteiger partial charge in [-0.05, 0) is 80.4 Å². The molecule has 4 N–H and O–H groups in total. The van der Waals surface area contributed by atoms with Crippen molar-refractivity contribution in [2.75, 3.05) is 5.32 Å². The number of carbonyl (C=O) groups is 4. The molecule has 0 fully saturated rings. The van der Waals surface area contributed by atoms with E-state index in [1.54, 1.807) is 61.6 Å². The van der Waals surface area contributed by atoms with E-state index in [0.717, 1.165) is 27.5 Å². The van der Waals surface area contributed by atoms with Crippen molar-refractivity contribution in [3.63, 3.8) is 0 Å². The number of urea groups is 1. The molecule has 2 aromatic heterocycles. The van der Waals surface area contributed by atoms with Crippen LogP contribution in [0.3, 0.4) is 0 Å². The summed E-state index contributed by atoms with van der Waals surface area (Å²) < 4.78 is 41.0. The number of nitrogens with one attached hydrogen (secondary N) is 3. The van der Waals surface area contributed by atoms with Crippen LogP contribution in [0.2, 0.25) is 5.02 Å². The molecule has 0 bridgehead atoms. The van der Waals surface area contributed by atoms with Gasteiger partial charge in [0, 0.05) is 22.5 Å². The van der Waals surface area contributed by atoms with Crippen LogP contribution in [0.1, 0.15) is 46.7 Å². The molecule has 0 radical (unpaired) electrons. The van der Waals surface area contributed by atoms with Gasteiger partial charge in [-0.25, -0.2) is 14.2 Å². The summed E-state index contributed by atoms with van der Waals surface area (Å²) >= 11 is 7.71. The van der Waals surface area contributed by atoms with Crippen LogP contribution in [0, 0.1) is 6.92 Å². The molecule has 0 aliphatic heterocycles. The molecule has 3 amide bonds. The third-order valence-corrected chi connectivity index (χ3v) is 8.76. The molecule has 0 saturated heterocycles. The minimum atomic E-state index is -5.19. The number of aliphatic carboxylic acids is 1. The van der Waals surface area contributed by atoms with Crippen LogP contribution in [0.4, 0.5) is 23.7 Å². The first-order valence-electron chi connectivity index (χ1n) is 15.9. The van der Waals surface area contributed by atoms with Crippen LogP contribution in [0.15, 0.2) is 84.4 Å². The van der Waals surface area contributed by atoms with E-state index >= 15 is 0 Å². The first-order valence-corrected chi connectivity index (χ1v) is 17.2. The van der Waals surface area contributed by atoms with Crippen molar-refractivity contribution < 1.29 is 51.9 Å². The molecular weight excluding hydrogens is 739 g/mol. The monoisotopic (exact) mass is 773 g/mol. The van der Waals surface area contributed by atoms with E-state index in [1.807, 2.05) is 37.4 Å². The number of phenols is 1. The molecule has 1 atom stereocenters. The van der Waals surface area contributed by atoms with Gasteiger partial charge in [0.2, 0.25) is 5.91 Å². The predicted octanol–water partition coefficient (Wildman–Crippen LogP) is 4.92. The van der Waals surface area contributed by atoms with Crippen molar-refractivity contribution >= 4 is 57.5 Å². The number of carboxylic acid groups (broad SMARTS) is 1. The number of aryl methyl sites for hydroxylation is 1. The Morgan fingerprint density at radius 2 is 1.58 bits per heavy atom. The summed E-state index contributed by atoms with van der Waals surface area (Å²) in [6, 6.07) is 18.9. The number of ether oxygens (including phenoxy) is 1. The molecule has 5 rings (SSSR count). The SMILES string of the molecule is Cc1csc2n1cc(CNC(=O)[C@H](Cc1ccc(O)cc1)NC(=O)Nc1ccc(C(=O)OC(C)C)cc1)[n+]2Cc1ccc(Cl)cc1.O=C([O-])C(F)(F)F. The number of rotatable bonds is 11. The van der Waals surface area contributed by atoms with Gasteiger partial charge < -0.3 is 35.7 Å². The summed E-state index contributed by atoms with van der Waals surface area (Å²) in [5.74, 6) is -3.73. The van der Waals surface area contributed by atoms with Crippen molar-refractivity contribution in [1.82, 2.24) is 15.0 Å². The number of imidazole rings is 1. The number of aromatic hydroxyl groups is 1. The Labute approximate surface area is 310 Å². The molecule has 0 spiro atoms. The van der Waals surface area contributed by atoms with Gasteiger partial charge in [-0.2, -0.15) is 17.6 Å². The molecule has 2 heterocycles. The lowest BCUT2D eigenvalue weighted by Gasteiger charge is -2.19. The summed E-state index contributed by atoms with van der Waals surface area (Å²) in [6.45, 7) is 6.38. The fourth-order valence-electron chi connectivity index (χ4n) is 4.85. The lowest BCUT2D eigenvalue weighted by Crippen LogP contribution is -2.50. The number of phenolic OH excluding ortho intramolecular Hbond substituents is 1. The van der Waals surface area contributed by atoms with E-state index in [9.17, 15) is 32.7 Å². The number of aromatic nitrogens is 2. The Bertz CT molecular complexity index is 2050. The zero-order valence-corrected chi connectivity index (χ0v) is 30.1. The highest BCUT2D eigenvalue weighted by molar-refractivity contribution is 7.14. The predicted molar refractivity (Wildman–Crippen MR) is 188 cm³/mol. The minimum absolute atomic E-state index is 0.102. The van der Waals surface area contributed by atoms with Gasteiger partial charge >= 0.3 is 23.1 Å². The van der Waals surface area contributed by atoms with Crippen molar-refractivity contribution in [1.29, 1.82) is 0 Å². The smallest absolute Gasteiger partial charge is 0.430 e. The Kier molecular flexibility index (Phi) is 13.4. The van der Waals surface area contributed by atoms with Crippen molar-refractivity contribution in [3.05, 3.63) is 117 Å². The maximum absolute atomic E-state index is 13.6.